The molecule has 8 nitrogen and oxygen atoms in total. The van der Waals surface area contributed by atoms with Crippen molar-refractivity contribution in [3.63, 3.8) is 0 Å². The molecule has 0 aliphatic carbocycles. The van der Waals surface area contributed by atoms with Gasteiger partial charge in [-0.15, -0.1) is 0 Å². The number of H-pyrrole nitrogens is 1. The highest BCUT2D eigenvalue weighted by atomic mass is 16.5. The first-order valence-corrected chi connectivity index (χ1v) is 6.74. The predicted molar refractivity (Wildman–Crippen MR) is 86.9 cm³/mol. The van der Waals surface area contributed by atoms with Gasteiger partial charge in [0.25, 0.3) is 5.56 Å². The minimum atomic E-state index is -0.251. The summed E-state index contributed by atoms with van der Waals surface area (Å²) in [5.74, 6) is 1.93. The largest absolute Gasteiger partial charge is 0.496 e. The van der Waals surface area contributed by atoms with Crippen LogP contribution in [-0.4, -0.2) is 37.5 Å². The topological polar surface area (TPSA) is 97.8 Å². The lowest BCUT2D eigenvalue weighted by Crippen LogP contribution is -2.10. The summed E-state index contributed by atoms with van der Waals surface area (Å²) in [5.41, 5.74) is 3.68. The zero-order valence-corrected chi connectivity index (χ0v) is 13.3. The number of hydrazone groups is 1. The molecule has 8 heteroatoms. The number of ether oxygens (including phenoxy) is 3. The standard InChI is InChI=1S/C15H18N4O4/c1-9-5-14(20)18-15(17-9)19-16-8-10-6-12(22-3)13(23-4)7-11(10)21-2/h5-8H,1-4H3,(H2,17,18,19,20)/b16-8+. The average molecular weight is 318 g/mol. The Hall–Kier alpha value is -3.03. The quantitative estimate of drug-likeness (QED) is 0.619. The third kappa shape index (κ3) is 4.00. The van der Waals surface area contributed by atoms with Gasteiger partial charge in [-0.2, -0.15) is 5.10 Å². The van der Waals surface area contributed by atoms with Crippen molar-refractivity contribution in [2.45, 2.75) is 6.92 Å². The molecule has 0 atom stereocenters. The predicted octanol–water partition coefficient (Wildman–Crippen LogP) is 1.55. The molecule has 0 spiro atoms. The fourth-order valence-corrected chi connectivity index (χ4v) is 1.95. The summed E-state index contributed by atoms with van der Waals surface area (Å²) in [4.78, 5) is 18.0. The van der Waals surface area contributed by atoms with E-state index in [1.54, 1.807) is 40.4 Å². The molecule has 0 amide bonds. The molecule has 0 radical (unpaired) electrons. The molecule has 1 heterocycles. The third-order valence-electron chi connectivity index (χ3n) is 2.98. The summed E-state index contributed by atoms with van der Waals surface area (Å²) in [7, 11) is 4.64. The van der Waals surface area contributed by atoms with Crippen LogP contribution in [0.25, 0.3) is 0 Å². The maximum absolute atomic E-state index is 11.4. The molecule has 122 valence electrons. The van der Waals surface area contributed by atoms with Crippen molar-refractivity contribution in [1.29, 1.82) is 0 Å². The van der Waals surface area contributed by atoms with E-state index in [0.29, 0.717) is 28.5 Å². The lowest BCUT2D eigenvalue weighted by atomic mass is 10.2. The van der Waals surface area contributed by atoms with Crippen LogP contribution < -0.4 is 25.2 Å². The summed E-state index contributed by atoms with van der Waals surface area (Å²) in [6.07, 6.45) is 1.53. The molecule has 0 saturated carbocycles. The van der Waals surface area contributed by atoms with Gasteiger partial charge < -0.3 is 14.2 Å². The van der Waals surface area contributed by atoms with Crippen LogP contribution in [-0.2, 0) is 0 Å². The maximum atomic E-state index is 11.4. The second-order valence-electron chi connectivity index (χ2n) is 4.55. The van der Waals surface area contributed by atoms with Crippen molar-refractivity contribution in [2.75, 3.05) is 26.8 Å². The lowest BCUT2D eigenvalue weighted by Gasteiger charge is -2.11. The van der Waals surface area contributed by atoms with E-state index in [2.05, 4.69) is 20.5 Å². The molecule has 0 aliphatic rings. The molecule has 1 aromatic heterocycles. The van der Waals surface area contributed by atoms with Gasteiger partial charge in [-0.05, 0) is 13.0 Å². The van der Waals surface area contributed by atoms with Crippen LogP contribution in [0.15, 0.2) is 28.1 Å². The van der Waals surface area contributed by atoms with Crippen LogP contribution in [0, 0.1) is 6.92 Å². The van der Waals surface area contributed by atoms with Crippen LogP contribution in [0.3, 0.4) is 0 Å². The summed E-state index contributed by atoms with van der Waals surface area (Å²) < 4.78 is 15.8. The van der Waals surface area contributed by atoms with Crippen molar-refractivity contribution < 1.29 is 14.2 Å². The van der Waals surface area contributed by atoms with Gasteiger partial charge in [-0.25, -0.2) is 10.4 Å². The molecule has 0 saturated heterocycles. The van der Waals surface area contributed by atoms with Gasteiger partial charge in [-0.3, -0.25) is 9.78 Å². The number of nitrogens with one attached hydrogen (secondary N) is 2. The van der Waals surface area contributed by atoms with Gasteiger partial charge in [0.2, 0.25) is 5.95 Å². The average Bonchev–Trinajstić information content (AvgIpc) is 2.53. The van der Waals surface area contributed by atoms with Crippen LogP contribution in [0.5, 0.6) is 17.2 Å². The second kappa shape index (κ2) is 7.30. The number of aromatic nitrogens is 2. The number of rotatable bonds is 6. The van der Waals surface area contributed by atoms with Crippen molar-refractivity contribution in [3.05, 3.63) is 39.8 Å². The number of hydrogen-bond donors (Lipinski definition) is 2. The smallest absolute Gasteiger partial charge is 0.252 e. The SMILES string of the molecule is COc1cc(OC)c(OC)cc1/C=N/Nc1nc(C)cc(=O)[nH]1. The molecule has 0 fully saturated rings. The Morgan fingerprint density at radius 1 is 1.09 bits per heavy atom. The molecular formula is C15H18N4O4. The first kappa shape index (κ1) is 16.3. The normalized spacial score (nSPS) is 10.6. The highest BCUT2D eigenvalue weighted by molar-refractivity contribution is 5.85. The number of anilines is 1. The minimum Gasteiger partial charge on any atom is -0.496 e. The van der Waals surface area contributed by atoms with Crippen LogP contribution in [0.1, 0.15) is 11.3 Å². The molecule has 0 bridgehead atoms. The first-order valence-electron chi connectivity index (χ1n) is 6.74. The van der Waals surface area contributed by atoms with Gasteiger partial charge in [0, 0.05) is 23.4 Å². The van der Waals surface area contributed by atoms with Gasteiger partial charge >= 0.3 is 0 Å². The Bertz CT molecular complexity index is 771. The number of methoxy groups -OCH3 is 3. The van der Waals surface area contributed by atoms with Gasteiger partial charge in [0.1, 0.15) is 5.75 Å². The Morgan fingerprint density at radius 2 is 1.74 bits per heavy atom. The fraction of sp³-hybridized carbons (Fsp3) is 0.267. The van der Waals surface area contributed by atoms with Crippen LogP contribution in [0.2, 0.25) is 0 Å². The zero-order chi connectivity index (χ0) is 16.8. The minimum absolute atomic E-state index is 0.251. The highest BCUT2D eigenvalue weighted by Gasteiger charge is 2.10. The molecule has 0 aliphatic heterocycles. The van der Waals surface area contributed by atoms with Crippen molar-refractivity contribution in [1.82, 2.24) is 9.97 Å². The Labute approximate surface area is 133 Å². The van der Waals surface area contributed by atoms with E-state index >= 15 is 0 Å². The first-order chi connectivity index (χ1) is 11.1. The van der Waals surface area contributed by atoms with Crippen molar-refractivity contribution in [3.8, 4) is 17.2 Å². The van der Waals surface area contributed by atoms with Crippen molar-refractivity contribution >= 4 is 12.2 Å². The molecule has 2 rings (SSSR count). The Balaban J connectivity index is 2.26. The highest BCUT2D eigenvalue weighted by Crippen LogP contribution is 2.33. The molecule has 23 heavy (non-hydrogen) atoms. The maximum Gasteiger partial charge on any atom is 0.252 e. The van der Waals surface area contributed by atoms with Gasteiger partial charge in [0.05, 0.1) is 27.5 Å². The van der Waals surface area contributed by atoms with E-state index < -0.39 is 0 Å². The van der Waals surface area contributed by atoms with E-state index in [4.69, 9.17) is 14.2 Å². The molecule has 1 aromatic carbocycles. The second-order valence-corrected chi connectivity index (χ2v) is 4.55. The summed E-state index contributed by atoms with van der Waals surface area (Å²) in [6.45, 7) is 1.72. The van der Waals surface area contributed by atoms with E-state index in [0.717, 1.165) is 0 Å². The van der Waals surface area contributed by atoms with E-state index in [1.165, 1.54) is 12.3 Å². The number of nitrogens with zero attached hydrogens (tertiary/aromatic N) is 2. The number of aromatic amines is 1. The van der Waals surface area contributed by atoms with E-state index in [1.807, 2.05) is 0 Å². The fourth-order valence-electron chi connectivity index (χ4n) is 1.95. The van der Waals surface area contributed by atoms with Crippen LogP contribution in [0.4, 0.5) is 5.95 Å². The van der Waals surface area contributed by atoms with Gasteiger partial charge in [-0.1, -0.05) is 0 Å². The Morgan fingerprint density at radius 3 is 2.35 bits per heavy atom. The van der Waals surface area contributed by atoms with Gasteiger partial charge in [0.15, 0.2) is 11.5 Å². The number of aryl methyl sites for hydroxylation is 1. The molecule has 2 aromatic rings. The molecular weight excluding hydrogens is 300 g/mol. The summed E-state index contributed by atoms with van der Waals surface area (Å²) in [6, 6.07) is 4.83. The third-order valence-corrected chi connectivity index (χ3v) is 2.98. The van der Waals surface area contributed by atoms with E-state index in [9.17, 15) is 4.79 Å². The monoisotopic (exact) mass is 318 g/mol. The summed E-state index contributed by atoms with van der Waals surface area (Å²) in [5, 5.41) is 4.05. The number of benzene rings is 1. The summed E-state index contributed by atoms with van der Waals surface area (Å²) >= 11 is 0. The lowest BCUT2D eigenvalue weighted by molar-refractivity contribution is 0.349. The molecule has 2 N–H and O–H groups in total. The Kier molecular flexibility index (Phi) is 5.19. The van der Waals surface area contributed by atoms with E-state index in [-0.39, 0.29) is 11.5 Å². The van der Waals surface area contributed by atoms with Crippen LogP contribution >= 0.6 is 0 Å². The van der Waals surface area contributed by atoms with Crippen molar-refractivity contribution in [2.24, 2.45) is 5.10 Å². The zero-order valence-electron chi connectivity index (χ0n) is 13.3. The molecule has 0 unspecified atom stereocenters. The number of hydrogen-bond acceptors (Lipinski definition) is 7.